The third kappa shape index (κ3) is 3.77. The maximum absolute atomic E-state index is 2.27. The molecule has 1 aromatic carbocycles. The van der Waals surface area contributed by atoms with Crippen molar-refractivity contribution in [3.63, 3.8) is 0 Å². The van der Waals surface area contributed by atoms with Crippen molar-refractivity contribution in [1.29, 1.82) is 0 Å². The smallest absolute Gasteiger partial charge is 0.0123 e. The summed E-state index contributed by atoms with van der Waals surface area (Å²) >= 11 is 0. The first kappa shape index (κ1) is 10.5. The highest BCUT2D eigenvalue weighted by molar-refractivity contribution is 6.12. The molecule has 1 unspecified atom stereocenters. The van der Waals surface area contributed by atoms with Gasteiger partial charge in [-0.3, -0.25) is 0 Å². The lowest BCUT2D eigenvalue weighted by molar-refractivity contribution is 0.655. The van der Waals surface area contributed by atoms with Crippen LogP contribution in [0.5, 0.6) is 0 Å². The van der Waals surface area contributed by atoms with Gasteiger partial charge in [0, 0.05) is 10.2 Å². The van der Waals surface area contributed by atoms with Gasteiger partial charge in [-0.15, -0.1) is 0 Å². The molecule has 0 aromatic heterocycles. The number of benzene rings is 1. The molecule has 0 amide bonds. The number of hydrogen-bond donors (Lipinski definition) is 0. The van der Waals surface area contributed by atoms with Crippen LogP contribution in [0.15, 0.2) is 30.3 Å². The lowest BCUT2D eigenvalue weighted by atomic mass is 10.1. The van der Waals surface area contributed by atoms with Crippen LogP contribution in [0.2, 0.25) is 0 Å². The Hall–Kier alpha value is -0.563. The van der Waals surface area contributed by atoms with E-state index >= 15 is 0 Å². The predicted octanol–water partition coefficient (Wildman–Crippen LogP) is 2.67. The standard InChI is InChI=1S/C12H20Si/c1-2-3-5-10-12(13)11-8-6-4-7-9-11/h4,6-9,12H,2-3,5,10H2,1,13H3. The van der Waals surface area contributed by atoms with Gasteiger partial charge in [-0.2, -0.15) is 0 Å². The predicted molar refractivity (Wildman–Crippen MR) is 63.3 cm³/mol. The summed E-state index contributed by atoms with van der Waals surface area (Å²) in [7, 11) is 1.29. The Morgan fingerprint density at radius 2 is 1.85 bits per heavy atom. The van der Waals surface area contributed by atoms with Crippen molar-refractivity contribution >= 4 is 10.2 Å². The van der Waals surface area contributed by atoms with Crippen molar-refractivity contribution in [1.82, 2.24) is 0 Å². The first-order valence-corrected chi connectivity index (χ1v) is 6.55. The van der Waals surface area contributed by atoms with E-state index in [1.54, 1.807) is 5.56 Å². The minimum Gasteiger partial charge on any atom is -0.0654 e. The molecule has 0 aliphatic rings. The average molecular weight is 192 g/mol. The first-order valence-electron chi connectivity index (χ1n) is 5.39. The van der Waals surface area contributed by atoms with E-state index in [2.05, 4.69) is 37.3 Å². The quantitative estimate of drug-likeness (QED) is 0.497. The maximum atomic E-state index is 2.27. The van der Waals surface area contributed by atoms with Crippen LogP contribution in [0.3, 0.4) is 0 Å². The van der Waals surface area contributed by atoms with Crippen molar-refractivity contribution in [3.05, 3.63) is 35.9 Å². The summed E-state index contributed by atoms with van der Waals surface area (Å²) in [6.45, 7) is 2.27. The van der Waals surface area contributed by atoms with Crippen molar-refractivity contribution in [2.24, 2.45) is 0 Å². The molecule has 0 saturated heterocycles. The second-order valence-corrected chi connectivity index (χ2v) is 5.20. The summed E-state index contributed by atoms with van der Waals surface area (Å²) in [5.74, 6) is 0. The minimum absolute atomic E-state index is 0.868. The van der Waals surface area contributed by atoms with E-state index in [-0.39, 0.29) is 0 Å². The second-order valence-electron chi connectivity index (χ2n) is 3.81. The zero-order chi connectivity index (χ0) is 9.52. The molecule has 1 heteroatoms. The molecule has 0 bridgehead atoms. The largest absolute Gasteiger partial charge is 0.0654 e. The monoisotopic (exact) mass is 192 g/mol. The van der Waals surface area contributed by atoms with Crippen molar-refractivity contribution in [2.45, 2.75) is 38.1 Å². The molecule has 1 aromatic rings. The Labute approximate surface area is 84.8 Å². The van der Waals surface area contributed by atoms with Gasteiger partial charge in [0.05, 0.1) is 0 Å². The van der Waals surface area contributed by atoms with Crippen LogP contribution >= 0.6 is 0 Å². The second kappa shape index (κ2) is 5.98. The molecule has 0 heterocycles. The summed E-state index contributed by atoms with van der Waals surface area (Å²) in [5.41, 5.74) is 2.41. The lowest BCUT2D eigenvalue weighted by Crippen LogP contribution is -1.97. The molecule has 0 nitrogen and oxygen atoms in total. The Balaban J connectivity index is 2.35. The molecule has 0 spiro atoms. The molecule has 0 saturated carbocycles. The van der Waals surface area contributed by atoms with E-state index in [0.717, 1.165) is 5.54 Å². The van der Waals surface area contributed by atoms with Gasteiger partial charge in [0.15, 0.2) is 0 Å². The van der Waals surface area contributed by atoms with E-state index in [4.69, 9.17) is 0 Å². The van der Waals surface area contributed by atoms with E-state index in [1.807, 2.05) is 0 Å². The number of rotatable bonds is 5. The van der Waals surface area contributed by atoms with Crippen LogP contribution in [0.25, 0.3) is 0 Å². The molecule has 1 rings (SSSR count). The normalized spacial score (nSPS) is 13.0. The fourth-order valence-corrected chi connectivity index (χ4v) is 2.44. The summed E-state index contributed by atoms with van der Waals surface area (Å²) in [6.07, 6.45) is 5.53. The first-order chi connectivity index (χ1) is 6.34. The van der Waals surface area contributed by atoms with Crippen molar-refractivity contribution in [2.75, 3.05) is 0 Å². The molecular formula is C12H20Si. The molecule has 72 valence electrons. The molecule has 0 aliphatic carbocycles. The maximum Gasteiger partial charge on any atom is 0.0123 e. The summed E-state index contributed by atoms with van der Waals surface area (Å²) in [6, 6.07) is 10.9. The highest BCUT2D eigenvalue weighted by Crippen LogP contribution is 2.18. The van der Waals surface area contributed by atoms with Crippen molar-refractivity contribution < 1.29 is 0 Å². The van der Waals surface area contributed by atoms with Crippen molar-refractivity contribution in [3.8, 4) is 0 Å². The third-order valence-electron chi connectivity index (χ3n) is 2.61. The van der Waals surface area contributed by atoms with Gasteiger partial charge in [-0.25, -0.2) is 0 Å². The zero-order valence-corrected chi connectivity index (χ0v) is 10.8. The topological polar surface area (TPSA) is 0 Å². The summed E-state index contributed by atoms with van der Waals surface area (Å²) in [5, 5.41) is 0. The lowest BCUT2D eigenvalue weighted by Gasteiger charge is -2.10. The Bertz CT molecular complexity index is 218. The Morgan fingerprint density at radius 1 is 1.15 bits per heavy atom. The highest BCUT2D eigenvalue weighted by atomic mass is 28.1. The van der Waals surface area contributed by atoms with E-state index in [1.165, 1.54) is 35.9 Å². The minimum atomic E-state index is 0.868. The molecule has 0 aliphatic heterocycles. The van der Waals surface area contributed by atoms with Gasteiger partial charge in [0.1, 0.15) is 0 Å². The van der Waals surface area contributed by atoms with Gasteiger partial charge < -0.3 is 0 Å². The van der Waals surface area contributed by atoms with Gasteiger partial charge in [0.2, 0.25) is 0 Å². The SMILES string of the molecule is CCCCCC([SiH3])c1ccccc1. The molecule has 0 radical (unpaired) electrons. The van der Waals surface area contributed by atoms with Crippen LogP contribution in [0.1, 0.15) is 43.7 Å². The average Bonchev–Trinajstić information content (AvgIpc) is 2.19. The Kier molecular flexibility index (Phi) is 4.84. The van der Waals surface area contributed by atoms with Gasteiger partial charge in [0.25, 0.3) is 0 Å². The van der Waals surface area contributed by atoms with Crippen LogP contribution in [0.4, 0.5) is 0 Å². The molecular weight excluding hydrogens is 172 g/mol. The van der Waals surface area contributed by atoms with E-state index in [9.17, 15) is 0 Å². The van der Waals surface area contributed by atoms with Crippen LogP contribution in [0, 0.1) is 0 Å². The van der Waals surface area contributed by atoms with Crippen LogP contribution in [-0.2, 0) is 0 Å². The molecule has 1 atom stereocenters. The van der Waals surface area contributed by atoms with Gasteiger partial charge >= 0.3 is 0 Å². The van der Waals surface area contributed by atoms with Gasteiger partial charge in [-0.1, -0.05) is 56.5 Å². The summed E-state index contributed by atoms with van der Waals surface area (Å²) < 4.78 is 0. The van der Waals surface area contributed by atoms with Gasteiger partial charge in [-0.05, 0) is 17.5 Å². The Morgan fingerprint density at radius 3 is 2.46 bits per heavy atom. The number of unbranched alkanes of at least 4 members (excludes halogenated alkanes) is 2. The van der Waals surface area contributed by atoms with E-state index < -0.39 is 0 Å². The summed E-state index contributed by atoms with van der Waals surface area (Å²) in [4.78, 5) is 0. The highest BCUT2D eigenvalue weighted by Gasteiger charge is 2.02. The molecule has 13 heavy (non-hydrogen) atoms. The van der Waals surface area contributed by atoms with Crippen LogP contribution in [-0.4, -0.2) is 10.2 Å². The fraction of sp³-hybridized carbons (Fsp3) is 0.500. The van der Waals surface area contributed by atoms with E-state index in [0.29, 0.717) is 0 Å². The van der Waals surface area contributed by atoms with Crippen LogP contribution < -0.4 is 0 Å². The molecule has 0 N–H and O–H groups in total. The molecule has 0 fully saturated rings. The zero-order valence-electron chi connectivity index (χ0n) is 8.79. The third-order valence-corrected chi connectivity index (χ3v) is 3.85. The fourth-order valence-electron chi connectivity index (χ4n) is 1.65. The number of hydrogen-bond acceptors (Lipinski definition) is 0.